The standard InChI is InChI=1S/C12H17N3O4/c1-6(2)19-8-4-5-14-9(10(8)16)12(18)15-11(17)7(3)13/h4-7,16H,13H2,1-3H3,(H,15,17,18)/t7-/m0/s1. The van der Waals surface area contributed by atoms with Gasteiger partial charge in [0, 0.05) is 12.3 Å². The molecule has 0 unspecified atom stereocenters. The Kier molecular flexibility index (Phi) is 4.82. The van der Waals surface area contributed by atoms with Crippen LogP contribution in [0.25, 0.3) is 0 Å². The zero-order valence-electron chi connectivity index (χ0n) is 11.0. The molecule has 1 rings (SSSR count). The Hall–Kier alpha value is -2.15. The van der Waals surface area contributed by atoms with Gasteiger partial charge in [0.1, 0.15) is 0 Å². The van der Waals surface area contributed by atoms with E-state index in [0.717, 1.165) is 0 Å². The van der Waals surface area contributed by atoms with Gasteiger partial charge in [0.25, 0.3) is 5.91 Å². The molecule has 1 heterocycles. The van der Waals surface area contributed by atoms with Crippen LogP contribution in [-0.2, 0) is 4.79 Å². The number of aromatic nitrogens is 1. The number of aromatic hydroxyl groups is 1. The van der Waals surface area contributed by atoms with E-state index in [4.69, 9.17) is 10.5 Å². The van der Waals surface area contributed by atoms with Gasteiger partial charge in [-0.25, -0.2) is 4.98 Å². The van der Waals surface area contributed by atoms with Gasteiger partial charge in [0.15, 0.2) is 17.2 Å². The van der Waals surface area contributed by atoms with Crippen molar-refractivity contribution >= 4 is 11.8 Å². The highest BCUT2D eigenvalue weighted by Crippen LogP contribution is 2.28. The van der Waals surface area contributed by atoms with Crippen molar-refractivity contribution in [2.75, 3.05) is 0 Å². The molecule has 1 atom stereocenters. The van der Waals surface area contributed by atoms with Gasteiger partial charge in [-0.2, -0.15) is 0 Å². The number of nitrogens with one attached hydrogen (secondary N) is 1. The summed E-state index contributed by atoms with van der Waals surface area (Å²) < 4.78 is 5.31. The van der Waals surface area contributed by atoms with E-state index >= 15 is 0 Å². The van der Waals surface area contributed by atoms with E-state index in [-0.39, 0.29) is 17.5 Å². The normalized spacial score (nSPS) is 12.1. The Balaban J connectivity index is 2.95. The summed E-state index contributed by atoms with van der Waals surface area (Å²) in [6, 6.07) is 0.598. The van der Waals surface area contributed by atoms with Crippen LogP contribution in [0.4, 0.5) is 0 Å². The average molecular weight is 267 g/mol. The zero-order chi connectivity index (χ0) is 14.6. The van der Waals surface area contributed by atoms with Crippen LogP contribution in [0, 0.1) is 0 Å². The number of imide groups is 1. The quantitative estimate of drug-likeness (QED) is 0.716. The fourth-order valence-corrected chi connectivity index (χ4v) is 1.24. The molecule has 0 aromatic carbocycles. The lowest BCUT2D eigenvalue weighted by molar-refractivity contribution is -0.121. The van der Waals surface area contributed by atoms with E-state index in [0.29, 0.717) is 0 Å². The molecular formula is C12H17N3O4. The molecule has 7 heteroatoms. The fourth-order valence-electron chi connectivity index (χ4n) is 1.24. The van der Waals surface area contributed by atoms with Crippen molar-refractivity contribution < 1.29 is 19.4 Å². The predicted octanol–water partition coefficient (Wildman–Crippen LogP) is 0.178. The molecule has 0 aliphatic carbocycles. The topological polar surface area (TPSA) is 115 Å². The lowest BCUT2D eigenvalue weighted by Crippen LogP contribution is -2.41. The van der Waals surface area contributed by atoms with E-state index in [1.807, 2.05) is 5.32 Å². The Bertz CT molecular complexity index is 486. The first-order valence-electron chi connectivity index (χ1n) is 5.78. The van der Waals surface area contributed by atoms with E-state index in [1.54, 1.807) is 13.8 Å². The molecule has 104 valence electrons. The van der Waals surface area contributed by atoms with Crippen LogP contribution in [0.5, 0.6) is 11.5 Å². The van der Waals surface area contributed by atoms with Crippen molar-refractivity contribution in [3.63, 3.8) is 0 Å². The molecule has 0 aliphatic heterocycles. The maximum atomic E-state index is 11.8. The van der Waals surface area contributed by atoms with Crippen molar-refractivity contribution in [1.82, 2.24) is 10.3 Å². The minimum atomic E-state index is -0.832. The second-order valence-corrected chi connectivity index (χ2v) is 4.28. The van der Waals surface area contributed by atoms with Gasteiger partial charge in [-0.05, 0) is 20.8 Å². The van der Waals surface area contributed by atoms with Crippen LogP contribution in [0.2, 0.25) is 0 Å². The zero-order valence-corrected chi connectivity index (χ0v) is 11.0. The first kappa shape index (κ1) is 14.9. The van der Waals surface area contributed by atoms with E-state index < -0.39 is 23.6 Å². The first-order chi connectivity index (χ1) is 8.82. The molecule has 4 N–H and O–H groups in total. The van der Waals surface area contributed by atoms with E-state index in [1.165, 1.54) is 19.2 Å². The molecule has 0 radical (unpaired) electrons. The lowest BCUT2D eigenvalue weighted by Gasteiger charge is -2.13. The fraction of sp³-hybridized carbons (Fsp3) is 0.417. The van der Waals surface area contributed by atoms with Crippen LogP contribution in [0.1, 0.15) is 31.3 Å². The summed E-state index contributed by atoms with van der Waals surface area (Å²) in [5, 5.41) is 11.9. The third kappa shape index (κ3) is 3.92. The highest BCUT2D eigenvalue weighted by Gasteiger charge is 2.20. The number of hydrogen-bond acceptors (Lipinski definition) is 6. The summed E-state index contributed by atoms with van der Waals surface area (Å²) in [5.74, 6) is -1.76. The third-order valence-corrected chi connectivity index (χ3v) is 2.12. The van der Waals surface area contributed by atoms with Gasteiger partial charge in [-0.3, -0.25) is 14.9 Å². The highest BCUT2D eigenvalue weighted by molar-refractivity contribution is 6.06. The highest BCUT2D eigenvalue weighted by atomic mass is 16.5. The summed E-state index contributed by atoms with van der Waals surface area (Å²) >= 11 is 0. The second kappa shape index (κ2) is 6.14. The van der Waals surface area contributed by atoms with Crippen LogP contribution in [0.3, 0.4) is 0 Å². The number of carbonyl (C=O) groups is 2. The van der Waals surface area contributed by atoms with Crippen LogP contribution >= 0.6 is 0 Å². The number of ether oxygens (including phenoxy) is 1. The van der Waals surface area contributed by atoms with Gasteiger partial charge in [0.05, 0.1) is 12.1 Å². The van der Waals surface area contributed by atoms with Gasteiger partial charge in [-0.15, -0.1) is 0 Å². The number of pyridine rings is 1. The summed E-state index contributed by atoms with van der Waals surface area (Å²) in [6.07, 6.45) is 1.14. The third-order valence-electron chi connectivity index (χ3n) is 2.12. The minimum Gasteiger partial charge on any atom is -0.503 e. The SMILES string of the molecule is CC(C)Oc1ccnc(C(=O)NC(=O)[C@H](C)N)c1O. The number of nitrogens with two attached hydrogens (primary N) is 1. The molecule has 0 spiro atoms. The minimum absolute atomic E-state index is 0.128. The maximum absolute atomic E-state index is 11.8. The van der Waals surface area contributed by atoms with Crippen LogP contribution in [-0.4, -0.2) is 34.1 Å². The summed E-state index contributed by atoms with van der Waals surface area (Å²) in [7, 11) is 0. The molecule has 2 amide bonds. The van der Waals surface area contributed by atoms with Crippen molar-refractivity contribution in [3.8, 4) is 11.5 Å². The number of nitrogens with zero attached hydrogens (tertiary/aromatic N) is 1. The lowest BCUT2D eigenvalue weighted by atomic mass is 10.2. The molecular weight excluding hydrogens is 250 g/mol. The first-order valence-corrected chi connectivity index (χ1v) is 5.78. The molecule has 7 nitrogen and oxygen atoms in total. The van der Waals surface area contributed by atoms with Gasteiger partial charge >= 0.3 is 0 Å². The average Bonchev–Trinajstić information content (AvgIpc) is 2.30. The Morgan fingerprint density at radius 3 is 2.58 bits per heavy atom. The predicted molar refractivity (Wildman–Crippen MR) is 67.8 cm³/mol. The van der Waals surface area contributed by atoms with Crippen molar-refractivity contribution in [3.05, 3.63) is 18.0 Å². The molecule has 0 saturated carbocycles. The van der Waals surface area contributed by atoms with E-state index in [2.05, 4.69) is 4.98 Å². The molecule has 0 saturated heterocycles. The van der Waals surface area contributed by atoms with Crippen molar-refractivity contribution in [2.24, 2.45) is 5.73 Å². The van der Waals surface area contributed by atoms with Gasteiger partial charge < -0.3 is 15.6 Å². The summed E-state index contributed by atoms with van der Waals surface area (Å²) in [6.45, 7) is 4.99. The Morgan fingerprint density at radius 2 is 2.05 bits per heavy atom. The molecule has 0 fully saturated rings. The molecule has 0 aliphatic rings. The second-order valence-electron chi connectivity index (χ2n) is 4.28. The maximum Gasteiger partial charge on any atom is 0.280 e. The van der Waals surface area contributed by atoms with Crippen molar-refractivity contribution in [2.45, 2.75) is 32.9 Å². The Morgan fingerprint density at radius 1 is 1.42 bits per heavy atom. The molecule has 1 aromatic heterocycles. The summed E-state index contributed by atoms with van der Waals surface area (Å²) in [4.78, 5) is 26.8. The smallest absolute Gasteiger partial charge is 0.280 e. The summed E-state index contributed by atoms with van der Waals surface area (Å²) in [5.41, 5.74) is 5.04. The molecule has 1 aromatic rings. The van der Waals surface area contributed by atoms with Gasteiger partial charge in [-0.1, -0.05) is 0 Å². The van der Waals surface area contributed by atoms with Crippen LogP contribution in [0.15, 0.2) is 12.3 Å². The number of amides is 2. The van der Waals surface area contributed by atoms with E-state index in [9.17, 15) is 14.7 Å². The van der Waals surface area contributed by atoms with Crippen molar-refractivity contribution in [1.29, 1.82) is 0 Å². The largest absolute Gasteiger partial charge is 0.503 e. The van der Waals surface area contributed by atoms with Gasteiger partial charge in [0.2, 0.25) is 5.91 Å². The number of hydrogen-bond donors (Lipinski definition) is 3. The number of carbonyl (C=O) groups excluding carboxylic acids is 2. The van der Waals surface area contributed by atoms with Crippen LogP contribution < -0.4 is 15.8 Å². The molecule has 19 heavy (non-hydrogen) atoms. The number of rotatable bonds is 4. The molecule has 0 bridgehead atoms. The monoisotopic (exact) mass is 267 g/mol. The Labute approximate surface area is 110 Å².